The normalized spacial score (nSPS) is 18.0. The van der Waals surface area contributed by atoms with Crippen molar-refractivity contribution in [1.29, 1.82) is 0 Å². The number of nitrogens with one attached hydrogen (secondary N) is 3. The van der Waals surface area contributed by atoms with E-state index in [2.05, 4.69) is 37.2 Å². The maximum atomic E-state index is 15.5. The third kappa shape index (κ3) is 6.77. The second kappa shape index (κ2) is 13.0. The molecule has 4 N–H and O–H groups in total. The summed E-state index contributed by atoms with van der Waals surface area (Å²) in [5.41, 5.74) is -5.80. The molecule has 10 nitrogen and oxygen atoms in total. The summed E-state index contributed by atoms with van der Waals surface area (Å²) >= 11 is 0. The number of benzene rings is 2. The monoisotopic (exact) mass is 754 g/mol. The number of para-hydroxylation sites is 1. The molecule has 280 valence electrons. The average Bonchev–Trinajstić information content (AvgIpc) is 3.47. The highest BCUT2D eigenvalue weighted by Gasteiger charge is 2.63. The Morgan fingerprint density at radius 1 is 1.06 bits per heavy atom. The van der Waals surface area contributed by atoms with Gasteiger partial charge >= 0.3 is 11.9 Å². The van der Waals surface area contributed by atoms with Crippen LogP contribution in [0.15, 0.2) is 58.1 Å². The molecule has 0 unspecified atom stereocenters. The minimum Gasteiger partial charge on any atom is -0.378 e. The zero-order valence-electron chi connectivity index (χ0n) is 28.3. The molecule has 2 aromatic carbocycles. The second-order valence-corrected chi connectivity index (χ2v) is 13.9. The van der Waals surface area contributed by atoms with Crippen LogP contribution in [0.3, 0.4) is 0 Å². The van der Waals surface area contributed by atoms with Crippen LogP contribution >= 0.6 is 0 Å². The molecule has 54 heavy (non-hydrogen) atoms. The lowest BCUT2D eigenvalue weighted by molar-refractivity contribution is -0.144. The zero-order chi connectivity index (χ0) is 38.9. The molecule has 1 amide bonds. The number of carbonyl (C=O) groups is 1. The molecular weight excluding hydrogens is 725 g/mol. The van der Waals surface area contributed by atoms with Gasteiger partial charge in [0.05, 0.1) is 22.6 Å². The molecule has 3 aromatic heterocycles. The number of fused-ring (bicyclic) bond motifs is 4. The van der Waals surface area contributed by atoms with E-state index in [1.54, 1.807) is 0 Å². The van der Waals surface area contributed by atoms with Crippen LogP contribution in [0.25, 0.3) is 22.0 Å². The van der Waals surface area contributed by atoms with E-state index >= 15 is 8.78 Å². The third-order valence-corrected chi connectivity index (χ3v) is 9.49. The molecule has 2 aliphatic carbocycles. The number of aromatic amines is 2. The van der Waals surface area contributed by atoms with Gasteiger partial charge in [-0.2, -0.15) is 27.1 Å². The van der Waals surface area contributed by atoms with Crippen LogP contribution in [0.5, 0.6) is 0 Å². The number of aromatic nitrogens is 5. The van der Waals surface area contributed by atoms with Gasteiger partial charge in [0.1, 0.15) is 35.2 Å². The molecule has 0 bridgehead atoms. The van der Waals surface area contributed by atoms with Crippen molar-refractivity contribution in [1.82, 2.24) is 30.0 Å². The van der Waals surface area contributed by atoms with Gasteiger partial charge in [-0.3, -0.25) is 19.3 Å². The number of hydrogen-bond acceptors (Lipinski definition) is 6. The van der Waals surface area contributed by atoms with Crippen LogP contribution in [0.1, 0.15) is 72.6 Å². The molecule has 0 saturated heterocycles. The minimum atomic E-state index is -5.08. The molecule has 3 heterocycles. The number of pyridine rings is 1. The Morgan fingerprint density at radius 2 is 1.78 bits per heavy atom. The number of amides is 1. The first-order valence-electron chi connectivity index (χ1n) is 16.6. The van der Waals surface area contributed by atoms with E-state index in [9.17, 15) is 41.4 Å². The van der Waals surface area contributed by atoms with Crippen LogP contribution in [-0.4, -0.2) is 41.3 Å². The zero-order valence-corrected chi connectivity index (χ0v) is 28.3. The molecule has 17 heteroatoms. The van der Waals surface area contributed by atoms with Crippen LogP contribution in [0.2, 0.25) is 0 Å². The maximum Gasteiger partial charge on any atom is 0.435 e. The van der Waals surface area contributed by atoms with E-state index in [1.165, 1.54) is 44.2 Å². The predicted octanol–water partition coefficient (Wildman–Crippen LogP) is 5.59. The Bertz CT molecular complexity index is 2500. The Morgan fingerprint density at radius 3 is 2.43 bits per heavy atom. The van der Waals surface area contributed by atoms with Crippen molar-refractivity contribution >= 4 is 16.8 Å². The largest absolute Gasteiger partial charge is 0.435 e. The van der Waals surface area contributed by atoms with Crippen molar-refractivity contribution in [3.8, 4) is 23.0 Å². The molecule has 1 fully saturated rings. The summed E-state index contributed by atoms with van der Waals surface area (Å²) in [5, 5.41) is 16.3. The van der Waals surface area contributed by atoms with Crippen molar-refractivity contribution in [3.63, 3.8) is 0 Å². The van der Waals surface area contributed by atoms with Gasteiger partial charge in [0.2, 0.25) is 5.91 Å². The number of rotatable bonds is 7. The molecule has 0 radical (unpaired) electrons. The van der Waals surface area contributed by atoms with E-state index in [1.807, 2.05) is 0 Å². The first-order valence-corrected chi connectivity index (χ1v) is 16.6. The summed E-state index contributed by atoms with van der Waals surface area (Å²) < 4.78 is 103. The Balaban J connectivity index is 1.38. The summed E-state index contributed by atoms with van der Waals surface area (Å²) in [6, 6.07) is 8.51. The molecule has 1 saturated carbocycles. The van der Waals surface area contributed by atoms with Gasteiger partial charge < -0.3 is 15.4 Å². The lowest BCUT2D eigenvalue weighted by atomic mass is 9.73. The number of nitrogens with zero attached hydrogens (tertiary/aromatic N) is 3. The highest BCUT2D eigenvalue weighted by atomic mass is 19.4. The Kier molecular flexibility index (Phi) is 8.79. The maximum absolute atomic E-state index is 15.5. The topological polar surface area (TPSA) is 146 Å². The highest BCUT2D eigenvalue weighted by molar-refractivity contribution is 5.93. The predicted molar refractivity (Wildman–Crippen MR) is 179 cm³/mol. The third-order valence-electron chi connectivity index (χ3n) is 9.49. The van der Waals surface area contributed by atoms with Gasteiger partial charge in [0.25, 0.3) is 11.5 Å². The number of halogens is 7. The quantitative estimate of drug-likeness (QED) is 0.126. The fraction of sp³-hybridized carbons (Fsp3) is 0.324. The molecule has 0 aliphatic heterocycles. The molecule has 0 spiro atoms. The smallest absolute Gasteiger partial charge is 0.378 e. The number of hydrogen-bond donors (Lipinski definition) is 4. The van der Waals surface area contributed by atoms with Gasteiger partial charge in [0.15, 0.2) is 5.69 Å². The Labute approximate surface area is 300 Å². The van der Waals surface area contributed by atoms with E-state index in [0.717, 1.165) is 12.1 Å². The van der Waals surface area contributed by atoms with Crippen molar-refractivity contribution in [2.45, 2.75) is 69.3 Å². The van der Waals surface area contributed by atoms with Crippen LogP contribution in [0, 0.1) is 29.4 Å². The van der Waals surface area contributed by atoms with Crippen LogP contribution < -0.4 is 16.6 Å². The standard InChI is InChI=1S/C37H29F7N6O4/c1-35(2,54)11-10-20-6-7-22(21-4-3-5-24-29(21)47-34(53)48-33(24)52)30(45-20)26(14-17-12-18(38)15-19(39)13-17)46-27(51)16-50-32-28(31(49-50)37(42,43)44)23-8-9-25(23)36(32,40)41/h3-7,12-13,15,23,25-26,54H,8-9,14,16H2,1-2H3,(H,46,51)(H2,47,48,52,53)/t23-,25+,26-/m0/s1. The number of aliphatic hydroxyl groups is 1. The summed E-state index contributed by atoms with van der Waals surface area (Å²) in [6.07, 6.45) is -5.39. The van der Waals surface area contributed by atoms with Crippen LogP contribution in [-0.2, 0) is 29.9 Å². The lowest BCUT2D eigenvalue weighted by Crippen LogP contribution is -2.36. The van der Waals surface area contributed by atoms with E-state index in [0.29, 0.717) is 10.7 Å². The summed E-state index contributed by atoms with van der Waals surface area (Å²) in [4.78, 5) is 48.2. The SMILES string of the molecule is CC(C)(O)C#Cc1ccc(-c2cccc3c(=O)[nH]c(=O)[nH]c23)c([C@H](Cc2cc(F)cc(F)c2)NC(=O)Cn2nc(C(F)(F)F)c3c2C(F)(F)[C@@H]2CC[C@H]32)n1. The molecular formula is C37H29F7N6O4. The van der Waals surface area contributed by atoms with E-state index < -0.39 is 94.3 Å². The fourth-order valence-corrected chi connectivity index (χ4v) is 7.18. The first kappa shape index (κ1) is 36.6. The Hall–Kier alpha value is -5.76. The van der Waals surface area contributed by atoms with Crippen molar-refractivity contribution in [2.75, 3.05) is 0 Å². The van der Waals surface area contributed by atoms with Crippen molar-refractivity contribution < 1.29 is 40.6 Å². The van der Waals surface area contributed by atoms with Gasteiger partial charge in [-0.25, -0.2) is 18.6 Å². The second-order valence-electron chi connectivity index (χ2n) is 13.9. The van der Waals surface area contributed by atoms with Crippen molar-refractivity contribution in [2.24, 2.45) is 5.92 Å². The van der Waals surface area contributed by atoms with Gasteiger partial charge in [-0.15, -0.1) is 0 Å². The van der Waals surface area contributed by atoms with Gasteiger partial charge in [-0.1, -0.05) is 18.1 Å². The summed E-state index contributed by atoms with van der Waals surface area (Å²) in [7, 11) is 0. The highest BCUT2D eigenvalue weighted by Crippen LogP contribution is 2.64. The fourth-order valence-electron chi connectivity index (χ4n) is 7.18. The minimum absolute atomic E-state index is 0.00540. The van der Waals surface area contributed by atoms with Gasteiger partial charge in [0, 0.05) is 28.7 Å². The van der Waals surface area contributed by atoms with E-state index in [-0.39, 0.29) is 51.8 Å². The van der Waals surface area contributed by atoms with Crippen LogP contribution in [0.4, 0.5) is 30.7 Å². The summed E-state index contributed by atoms with van der Waals surface area (Å²) in [6.45, 7) is 1.73. The first-order chi connectivity index (χ1) is 25.3. The number of alkyl halides is 5. The van der Waals surface area contributed by atoms with Gasteiger partial charge in [-0.05, 0) is 80.8 Å². The molecule has 2 aliphatic rings. The molecule has 7 rings (SSSR count). The summed E-state index contributed by atoms with van der Waals surface area (Å²) in [5.74, 6) is -3.88. The molecule has 5 aromatic rings. The lowest BCUT2D eigenvalue weighted by Gasteiger charge is -2.34. The number of carbonyl (C=O) groups excluding carboxylic acids is 1. The average molecular weight is 755 g/mol. The molecule has 3 atom stereocenters. The van der Waals surface area contributed by atoms with E-state index in [4.69, 9.17) is 0 Å². The van der Waals surface area contributed by atoms with Crippen molar-refractivity contribution in [3.05, 3.63) is 115 Å². The number of H-pyrrole nitrogens is 2.